The summed E-state index contributed by atoms with van der Waals surface area (Å²) >= 11 is 0. The highest BCUT2D eigenvalue weighted by Gasteiger charge is 2.10. The molecule has 7 nitrogen and oxygen atoms in total. The lowest BCUT2D eigenvalue weighted by Gasteiger charge is -2.14. The summed E-state index contributed by atoms with van der Waals surface area (Å²) in [6, 6.07) is 5.84. The van der Waals surface area contributed by atoms with Gasteiger partial charge in [-0.25, -0.2) is 0 Å². The van der Waals surface area contributed by atoms with Gasteiger partial charge in [-0.3, -0.25) is 9.79 Å². The van der Waals surface area contributed by atoms with Gasteiger partial charge in [0, 0.05) is 25.6 Å². The zero-order valence-electron chi connectivity index (χ0n) is 16.2. The molecule has 0 saturated carbocycles. The number of amides is 1. The number of halogens is 3. The lowest BCUT2D eigenvalue weighted by atomic mass is 10.1. The predicted molar refractivity (Wildman–Crippen MR) is 115 cm³/mol. The first-order valence-electron chi connectivity index (χ1n) is 8.86. The monoisotopic (exact) mass is 514 g/mol. The highest BCUT2D eigenvalue weighted by Crippen LogP contribution is 2.19. The Morgan fingerprint density at radius 2 is 1.86 bits per heavy atom. The summed E-state index contributed by atoms with van der Waals surface area (Å²) in [4.78, 5) is 15.9. The van der Waals surface area contributed by atoms with Crippen LogP contribution < -0.4 is 20.7 Å². The van der Waals surface area contributed by atoms with Crippen LogP contribution in [0.4, 0.5) is 8.78 Å². The molecule has 1 rings (SSSR count). The van der Waals surface area contributed by atoms with Gasteiger partial charge in [0.15, 0.2) is 5.96 Å². The standard InChI is InChI=1S/C18H28F2N4O3.HI/c1-4-21-18(22-10-9-16(26)24-12(2)3)23-11-15(25)13-5-7-14(8-6-13)27-17(19)20;/h5-8,12,15,17,25H,4,9-11H2,1-3H3,(H,24,26)(H2,21,22,23);1H. The Morgan fingerprint density at radius 1 is 1.21 bits per heavy atom. The highest BCUT2D eigenvalue weighted by atomic mass is 127. The molecule has 0 bridgehead atoms. The molecule has 0 aliphatic carbocycles. The molecule has 0 aliphatic heterocycles. The Morgan fingerprint density at radius 3 is 2.39 bits per heavy atom. The molecule has 0 saturated heterocycles. The van der Waals surface area contributed by atoms with Crippen LogP contribution in [0.25, 0.3) is 0 Å². The molecule has 1 amide bonds. The van der Waals surface area contributed by atoms with Gasteiger partial charge in [-0.15, -0.1) is 24.0 Å². The number of aliphatic hydroxyl groups excluding tert-OH is 1. The van der Waals surface area contributed by atoms with Crippen LogP contribution in [0.1, 0.15) is 38.9 Å². The second-order valence-electron chi connectivity index (χ2n) is 6.08. The van der Waals surface area contributed by atoms with Gasteiger partial charge in [0.2, 0.25) is 5.91 Å². The van der Waals surface area contributed by atoms with Crippen LogP contribution in [-0.4, -0.2) is 49.3 Å². The van der Waals surface area contributed by atoms with Gasteiger partial charge in [-0.2, -0.15) is 8.78 Å². The van der Waals surface area contributed by atoms with Crippen LogP contribution in [0.3, 0.4) is 0 Å². The Labute approximate surface area is 181 Å². The fourth-order valence-corrected chi connectivity index (χ4v) is 2.18. The molecular formula is C18H29F2IN4O3. The maximum atomic E-state index is 12.1. The van der Waals surface area contributed by atoms with E-state index in [0.29, 0.717) is 31.0 Å². The van der Waals surface area contributed by atoms with E-state index in [4.69, 9.17) is 0 Å². The van der Waals surface area contributed by atoms with E-state index in [1.165, 1.54) is 24.3 Å². The zero-order valence-corrected chi connectivity index (χ0v) is 18.6. The molecule has 160 valence electrons. The van der Waals surface area contributed by atoms with Gasteiger partial charge in [0.1, 0.15) is 5.75 Å². The normalized spacial score (nSPS) is 12.4. The highest BCUT2D eigenvalue weighted by molar-refractivity contribution is 14.0. The first kappa shape index (κ1) is 26.3. The maximum Gasteiger partial charge on any atom is 0.387 e. The number of guanidine groups is 1. The van der Waals surface area contributed by atoms with E-state index in [0.717, 1.165) is 0 Å². The number of carbonyl (C=O) groups is 1. The summed E-state index contributed by atoms with van der Waals surface area (Å²) in [5.41, 5.74) is 0.535. The number of hydrogen-bond donors (Lipinski definition) is 4. The first-order valence-corrected chi connectivity index (χ1v) is 8.86. The lowest BCUT2D eigenvalue weighted by Crippen LogP contribution is -2.40. The van der Waals surface area contributed by atoms with Gasteiger partial charge in [0.05, 0.1) is 12.6 Å². The lowest BCUT2D eigenvalue weighted by molar-refractivity contribution is -0.121. The molecule has 1 aromatic rings. The van der Waals surface area contributed by atoms with Gasteiger partial charge >= 0.3 is 6.61 Å². The summed E-state index contributed by atoms with van der Waals surface area (Å²) < 4.78 is 28.6. The van der Waals surface area contributed by atoms with Crippen LogP contribution in [0.2, 0.25) is 0 Å². The van der Waals surface area contributed by atoms with Crippen LogP contribution >= 0.6 is 24.0 Å². The first-order chi connectivity index (χ1) is 12.8. The number of aliphatic imine (C=N–C) groups is 1. The molecular weight excluding hydrogens is 485 g/mol. The number of nitrogens with one attached hydrogen (secondary N) is 3. The minimum Gasteiger partial charge on any atom is -0.435 e. The Hall–Kier alpha value is -1.69. The molecule has 1 aromatic carbocycles. The van der Waals surface area contributed by atoms with E-state index in [9.17, 15) is 18.7 Å². The number of nitrogens with zero attached hydrogens (tertiary/aromatic N) is 1. The number of alkyl halides is 2. The average Bonchev–Trinajstić information content (AvgIpc) is 2.58. The van der Waals surface area contributed by atoms with Crippen molar-refractivity contribution in [2.24, 2.45) is 4.99 Å². The third kappa shape index (κ3) is 11.2. The van der Waals surface area contributed by atoms with Crippen molar-refractivity contribution in [3.8, 4) is 5.75 Å². The molecule has 4 N–H and O–H groups in total. The van der Waals surface area contributed by atoms with Gasteiger partial charge in [0.25, 0.3) is 0 Å². The van der Waals surface area contributed by atoms with Crippen LogP contribution in [0, 0.1) is 0 Å². The van der Waals surface area contributed by atoms with Crippen molar-refractivity contribution in [3.63, 3.8) is 0 Å². The number of carbonyl (C=O) groups excluding carboxylic acids is 1. The van der Waals surface area contributed by atoms with E-state index < -0.39 is 12.7 Å². The van der Waals surface area contributed by atoms with E-state index in [2.05, 4.69) is 25.7 Å². The van der Waals surface area contributed by atoms with Crippen molar-refractivity contribution in [2.75, 3.05) is 19.6 Å². The second kappa shape index (κ2) is 14.3. The minimum atomic E-state index is -2.89. The van der Waals surface area contributed by atoms with Crippen molar-refractivity contribution < 1.29 is 23.4 Å². The van der Waals surface area contributed by atoms with Crippen molar-refractivity contribution in [1.29, 1.82) is 0 Å². The predicted octanol–water partition coefficient (Wildman–Crippen LogP) is 2.41. The quantitative estimate of drug-likeness (QED) is 0.219. The number of rotatable bonds is 10. The minimum absolute atomic E-state index is 0. The smallest absolute Gasteiger partial charge is 0.387 e. The Balaban J connectivity index is 0.00000729. The fraction of sp³-hybridized carbons (Fsp3) is 0.556. The number of benzene rings is 1. The Bertz CT molecular complexity index is 601. The molecule has 0 radical (unpaired) electrons. The van der Waals surface area contributed by atoms with Crippen molar-refractivity contribution in [3.05, 3.63) is 29.8 Å². The molecule has 0 spiro atoms. The summed E-state index contributed by atoms with van der Waals surface area (Å²) in [5, 5.41) is 19.1. The molecule has 0 aromatic heterocycles. The Kier molecular flexibility index (Phi) is 13.5. The zero-order chi connectivity index (χ0) is 20.2. The van der Waals surface area contributed by atoms with E-state index in [1.807, 2.05) is 20.8 Å². The summed E-state index contributed by atoms with van der Waals surface area (Å²) in [5.74, 6) is 0.449. The number of aliphatic hydroxyl groups is 1. The summed E-state index contributed by atoms with van der Waals surface area (Å²) in [6.07, 6.45) is -0.596. The van der Waals surface area contributed by atoms with Crippen molar-refractivity contribution in [1.82, 2.24) is 16.0 Å². The number of ether oxygens (including phenoxy) is 1. The maximum absolute atomic E-state index is 12.1. The third-order valence-electron chi connectivity index (χ3n) is 3.35. The van der Waals surface area contributed by atoms with Crippen LogP contribution in [0.5, 0.6) is 5.75 Å². The molecule has 10 heteroatoms. The summed E-state index contributed by atoms with van der Waals surface area (Å²) in [6.45, 7) is 3.90. The molecule has 28 heavy (non-hydrogen) atoms. The molecule has 1 atom stereocenters. The summed E-state index contributed by atoms with van der Waals surface area (Å²) in [7, 11) is 0. The van der Waals surface area contributed by atoms with Crippen LogP contribution in [-0.2, 0) is 4.79 Å². The van der Waals surface area contributed by atoms with Crippen molar-refractivity contribution in [2.45, 2.75) is 45.9 Å². The van der Waals surface area contributed by atoms with E-state index >= 15 is 0 Å². The molecule has 0 heterocycles. The number of hydrogen-bond acceptors (Lipinski definition) is 4. The van der Waals surface area contributed by atoms with Gasteiger partial charge in [-0.05, 0) is 38.5 Å². The molecule has 0 aliphatic rings. The van der Waals surface area contributed by atoms with Gasteiger partial charge < -0.3 is 25.8 Å². The third-order valence-corrected chi connectivity index (χ3v) is 3.35. The molecule has 1 unspecified atom stereocenters. The largest absolute Gasteiger partial charge is 0.435 e. The van der Waals surface area contributed by atoms with Gasteiger partial charge in [-0.1, -0.05) is 12.1 Å². The van der Waals surface area contributed by atoms with E-state index in [1.54, 1.807) is 0 Å². The van der Waals surface area contributed by atoms with E-state index in [-0.39, 0.29) is 48.2 Å². The molecule has 0 fully saturated rings. The average molecular weight is 514 g/mol. The topological polar surface area (TPSA) is 95.0 Å². The fourth-order valence-electron chi connectivity index (χ4n) is 2.18. The second-order valence-corrected chi connectivity index (χ2v) is 6.08. The van der Waals surface area contributed by atoms with Crippen LogP contribution in [0.15, 0.2) is 29.3 Å². The van der Waals surface area contributed by atoms with Crippen molar-refractivity contribution >= 4 is 35.8 Å². The SMILES string of the molecule is CCNC(=NCC(O)c1ccc(OC(F)F)cc1)NCCC(=O)NC(C)C.I.